The molecule has 0 fully saturated rings. The predicted octanol–water partition coefficient (Wildman–Crippen LogP) is 4.49. The minimum absolute atomic E-state index is 0.300. The van der Waals surface area contributed by atoms with Crippen molar-refractivity contribution in [2.24, 2.45) is 0 Å². The van der Waals surface area contributed by atoms with Crippen LogP contribution in [0.15, 0.2) is 36.4 Å². The lowest BCUT2D eigenvalue weighted by molar-refractivity contribution is 0.103. The Morgan fingerprint density at radius 3 is 2.52 bits per heavy atom. The average Bonchev–Trinajstić information content (AvgIpc) is 2.53. The fourth-order valence-corrected chi connectivity index (χ4v) is 2.65. The highest BCUT2D eigenvalue weighted by molar-refractivity contribution is 9.09. The lowest BCUT2D eigenvalue weighted by atomic mass is 9.99. The number of carbonyl (C=O) groups excluding carboxylic acids is 1. The number of phenols is 1. The van der Waals surface area contributed by atoms with E-state index in [9.17, 15) is 14.3 Å². The van der Waals surface area contributed by atoms with Gasteiger partial charge < -0.3 is 9.84 Å². The highest BCUT2D eigenvalue weighted by Crippen LogP contribution is 2.26. The van der Waals surface area contributed by atoms with Crippen molar-refractivity contribution >= 4 is 21.7 Å². The zero-order chi connectivity index (χ0) is 16.8. The van der Waals surface area contributed by atoms with Crippen LogP contribution in [0.1, 0.15) is 34.8 Å². The number of aromatic hydroxyl groups is 1. The molecule has 2 aromatic rings. The summed E-state index contributed by atoms with van der Waals surface area (Å²) < 4.78 is 19.6. The van der Waals surface area contributed by atoms with E-state index in [0.29, 0.717) is 35.2 Å². The molecular formula is C18H18BrFO3. The van der Waals surface area contributed by atoms with E-state index >= 15 is 0 Å². The van der Waals surface area contributed by atoms with Gasteiger partial charge in [0.25, 0.3) is 0 Å². The number of aryl methyl sites for hydroxylation is 1. The third kappa shape index (κ3) is 4.32. The van der Waals surface area contributed by atoms with Crippen LogP contribution in [0.2, 0.25) is 0 Å². The Labute approximate surface area is 143 Å². The normalized spacial score (nSPS) is 10.6. The van der Waals surface area contributed by atoms with E-state index in [0.717, 1.165) is 6.42 Å². The van der Waals surface area contributed by atoms with Crippen molar-refractivity contribution in [2.75, 3.05) is 11.9 Å². The third-order valence-electron chi connectivity index (χ3n) is 3.33. The number of hydrogen-bond donors (Lipinski definition) is 1. The molecule has 0 saturated heterocycles. The molecule has 0 heterocycles. The first-order valence-corrected chi connectivity index (χ1v) is 8.53. The maximum Gasteiger partial charge on any atom is 0.199 e. The quantitative estimate of drug-likeness (QED) is 0.568. The number of ketones is 1. The van der Waals surface area contributed by atoms with Gasteiger partial charge in [-0.25, -0.2) is 4.39 Å². The first-order chi connectivity index (χ1) is 11.1. The van der Waals surface area contributed by atoms with Crippen molar-refractivity contribution in [1.29, 1.82) is 0 Å². The van der Waals surface area contributed by atoms with E-state index in [-0.39, 0.29) is 11.3 Å². The summed E-state index contributed by atoms with van der Waals surface area (Å²) in [6.07, 6.45) is 1.46. The average molecular weight is 381 g/mol. The summed E-state index contributed by atoms with van der Waals surface area (Å²) in [5.74, 6) is -0.942. The Morgan fingerprint density at radius 2 is 1.96 bits per heavy atom. The van der Waals surface area contributed by atoms with Crippen LogP contribution >= 0.6 is 15.9 Å². The second kappa shape index (κ2) is 8.11. The molecule has 3 nitrogen and oxygen atoms in total. The van der Waals surface area contributed by atoms with E-state index in [1.54, 1.807) is 24.3 Å². The second-order valence-electron chi connectivity index (χ2n) is 5.11. The Bertz CT molecular complexity index is 660. The first kappa shape index (κ1) is 17.5. The molecule has 0 amide bonds. The molecule has 122 valence electrons. The molecule has 1 N–H and O–H groups in total. The number of alkyl halides is 1. The van der Waals surface area contributed by atoms with Crippen molar-refractivity contribution in [1.82, 2.24) is 0 Å². The van der Waals surface area contributed by atoms with Gasteiger partial charge in [-0.3, -0.25) is 4.79 Å². The summed E-state index contributed by atoms with van der Waals surface area (Å²) in [7, 11) is 0. The van der Waals surface area contributed by atoms with Gasteiger partial charge >= 0.3 is 0 Å². The number of phenolic OH excluding ortho intramolecular Hbond substituents is 1. The minimum atomic E-state index is -0.711. The highest BCUT2D eigenvalue weighted by atomic mass is 79.9. The standard InChI is InChI=1S/C18H18BrFO3/c1-2-9-23-14-5-3-13(4-6-14)18(22)17-15(20)10-12(7-8-19)11-16(17)21/h3-6,10-11,21H,2,7-9H2,1H3. The Balaban J connectivity index is 2.26. The van der Waals surface area contributed by atoms with Crippen molar-refractivity contribution < 1.29 is 19.0 Å². The van der Waals surface area contributed by atoms with Crippen molar-refractivity contribution in [3.63, 3.8) is 0 Å². The molecule has 0 bridgehead atoms. The van der Waals surface area contributed by atoms with Crippen molar-refractivity contribution in [3.8, 4) is 11.5 Å². The maximum absolute atomic E-state index is 14.2. The Morgan fingerprint density at radius 1 is 1.26 bits per heavy atom. The number of benzene rings is 2. The number of carbonyl (C=O) groups is 1. The van der Waals surface area contributed by atoms with Crippen LogP contribution in [0.3, 0.4) is 0 Å². The molecule has 0 aliphatic heterocycles. The van der Waals surface area contributed by atoms with Crippen LogP contribution in [0, 0.1) is 5.82 Å². The number of halogens is 2. The first-order valence-electron chi connectivity index (χ1n) is 7.41. The molecule has 0 spiro atoms. The zero-order valence-electron chi connectivity index (χ0n) is 12.8. The highest BCUT2D eigenvalue weighted by Gasteiger charge is 2.19. The summed E-state index contributed by atoms with van der Waals surface area (Å²) in [4.78, 5) is 12.4. The van der Waals surface area contributed by atoms with Gasteiger partial charge in [0, 0.05) is 10.9 Å². The van der Waals surface area contributed by atoms with E-state index in [2.05, 4.69) is 15.9 Å². The maximum atomic E-state index is 14.2. The molecule has 0 radical (unpaired) electrons. The Hall–Kier alpha value is -1.88. The Kier molecular flexibility index (Phi) is 6.16. The number of ether oxygens (including phenoxy) is 1. The molecular weight excluding hydrogens is 363 g/mol. The van der Waals surface area contributed by atoms with Crippen LogP contribution in [0.4, 0.5) is 4.39 Å². The molecule has 0 atom stereocenters. The summed E-state index contributed by atoms with van der Waals surface area (Å²) in [5.41, 5.74) is 0.638. The summed E-state index contributed by atoms with van der Waals surface area (Å²) in [5, 5.41) is 10.7. The van der Waals surface area contributed by atoms with Crippen molar-refractivity contribution in [2.45, 2.75) is 19.8 Å². The van der Waals surface area contributed by atoms with E-state index in [4.69, 9.17) is 4.74 Å². The van der Waals surface area contributed by atoms with Crippen LogP contribution in [-0.2, 0) is 6.42 Å². The second-order valence-corrected chi connectivity index (χ2v) is 5.91. The van der Waals surface area contributed by atoms with E-state index in [1.165, 1.54) is 12.1 Å². The molecule has 0 saturated carbocycles. The van der Waals surface area contributed by atoms with Gasteiger partial charge in [-0.05, 0) is 54.8 Å². The number of hydrogen-bond acceptors (Lipinski definition) is 3. The topological polar surface area (TPSA) is 46.5 Å². The van der Waals surface area contributed by atoms with Gasteiger partial charge in [0.05, 0.1) is 12.2 Å². The molecule has 2 rings (SSSR count). The smallest absolute Gasteiger partial charge is 0.199 e. The summed E-state index contributed by atoms with van der Waals surface area (Å²) >= 11 is 3.26. The van der Waals surface area contributed by atoms with E-state index < -0.39 is 11.6 Å². The monoisotopic (exact) mass is 380 g/mol. The van der Waals surface area contributed by atoms with E-state index in [1.807, 2.05) is 6.92 Å². The lowest BCUT2D eigenvalue weighted by Gasteiger charge is -2.09. The van der Waals surface area contributed by atoms with Gasteiger partial charge in [-0.15, -0.1) is 0 Å². The third-order valence-corrected chi connectivity index (χ3v) is 3.73. The summed E-state index contributed by atoms with van der Waals surface area (Å²) in [6, 6.07) is 9.18. The molecule has 2 aromatic carbocycles. The van der Waals surface area contributed by atoms with Crippen LogP contribution in [0.5, 0.6) is 11.5 Å². The van der Waals surface area contributed by atoms with Gasteiger partial charge in [-0.2, -0.15) is 0 Å². The van der Waals surface area contributed by atoms with Gasteiger partial charge in [0.1, 0.15) is 17.3 Å². The molecule has 5 heteroatoms. The molecule has 0 aliphatic rings. The van der Waals surface area contributed by atoms with Gasteiger partial charge in [0.2, 0.25) is 0 Å². The molecule has 0 aliphatic carbocycles. The zero-order valence-corrected chi connectivity index (χ0v) is 14.4. The summed E-state index contributed by atoms with van der Waals surface area (Å²) in [6.45, 7) is 2.60. The van der Waals surface area contributed by atoms with Crippen molar-refractivity contribution in [3.05, 3.63) is 58.9 Å². The number of rotatable bonds is 7. The predicted molar refractivity (Wildman–Crippen MR) is 91.2 cm³/mol. The fraction of sp³-hybridized carbons (Fsp3) is 0.278. The van der Waals surface area contributed by atoms with Gasteiger partial charge in [0.15, 0.2) is 5.78 Å². The SMILES string of the molecule is CCCOc1ccc(C(=O)c2c(O)cc(CCBr)cc2F)cc1. The van der Waals surface area contributed by atoms with Crippen LogP contribution in [-0.4, -0.2) is 22.8 Å². The van der Waals surface area contributed by atoms with Crippen LogP contribution in [0.25, 0.3) is 0 Å². The minimum Gasteiger partial charge on any atom is -0.507 e. The fourth-order valence-electron chi connectivity index (χ4n) is 2.19. The van der Waals surface area contributed by atoms with Gasteiger partial charge in [-0.1, -0.05) is 22.9 Å². The van der Waals surface area contributed by atoms with Crippen LogP contribution < -0.4 is 4.74 Å². The largest absolute Gasteiger partial charge is 0.507 e. The lowest BCUT2D eigenvalue weighted by Crippen LogP contribution is -2.06. The molecule has 0 unspecified atom stereocenters. The molecule has 23 heavy (non-hydrogen) atoms. The molecule has 0 aromatic heterocycles.